The topological polar surface area (TPSA) is 35.9 Å². The number of piperidine rings is 2. The van der Waals surface area contributed by atoms with E-state index in [1.807, 2.05) is 18.2 Å². The van der Waals surface area contributed by atoms with E-state index in [-0.39, 0.29) is 10.7 Å². The molecule has 1 aromatic rings. The van der Waals surface area contributed by atoms with Gasteiger partial charge in [-0.05, 0) is 106 Å². The van der Waals surface area contributed by atoms with Crippen LogP contribution >= 0.6 is 43.5 Å². The zero-order valence-corrected chi connectivity index (χ0v) is 28.8. The molecule has 0 spiro atoms. The summed E-state index contributed by atoms with van der Waals surface area (Å²) in [4.78, 5) is 23.0. The Morgan fingerprint density at radius 2 is 1.77 bits per heavy atom. The van der Waals surface area contributed by atoms with Gasteiger partial charge in [-0.1, -0.05) is 82.5 Å². The van der Waals surface area contributed by atoms with E-state index < -0.39 is 0 Å². The number of aliphatic imine (C=N–C) groups is 1. The third kappa shape index (κ3) is 9.02. The molecular formula is C33H48Br2ClN3O. The minimum absolute atomic E-state index is 0.188. The summed E-state index contributed by atoms with van der Waals surface area (Å²) in [5, 5.41) is 0.707. The Bertz CT molecular complexity index is 1050. The molecule has 2 fully saturated rings. The molecule has 0 aromatic heterocycles. The molecule has 2 atom stereocenters. The second-order valence-corrected chi connectivity index (χ2v) is 14.0. The highest BCUT2D eigenvalue weighted by Crippen LogP contribution is 2.45. The van der Waals surface area contributed by atoms with Gasteiger partial charge in [0.15, 0.2) is 0 Å². The van der Waals surface area contributed by atoms with Crippen LogP contribution in [0.5, 0.6) is 0 Å². The first kappa shape index (κ1) is 33.6. The van der Waals surface area contributed by atoms with Crippen LogP contribution in [0.1, 0.15) is 89.2 Å². The summed E-state index contributed by atoms with van der Waals surface area (Å²) in [5.41, 5.74) is 5.22. The predicted molar refractivity (Wildman–Crippen MR) is 180 cm³/mol. The number of hydrogen-bond donors (Lipinski definition) is 0. The number of rotatable bonds is 12. The number of amides is 1. The number of carbonyl (C=O) groups is 1. The molecular weight excluding hydrogens is 650 g/mol. The normalized spacial score (nSPS) is 19.1. The zero-order valence-electron chi connectivity index (χ0n) is 24.9. The van der Waals surface area contributed by atoms with Crippen LogP contribution in [-0.4, -0.2) is 66.5 Å². The molecule has 2 aliphatic heterocycles. The van der Waals surface area contributed by atoms with Crippen LogP contribution in [0.15, 0.2) is 39.3 Å². The Morgan fingerprint density at radius 3 is 2.35 bits per heavy atom. The van der Waals surface area contributed by atoms with Gasteiger partial charge in [0.2, 0.25) is 5.91 Å². The van der Waals surface area contributed by atoms with E-state index >= 15 is 0 Å². The molecule has 0 bridgehead atoms. The summed E-state index contributed by atoms with van der Waals surface area (Å²) < 4.78 is 1.03. The number of hydrogen-bond acceptors (Lipinski definition) is 3. The van der Waals surface area contributed by atoms with Crippen LogP contribution in [0.3, 0.4) is 0 Å². The quantitative estimate of drug-likeness (QED) is 0.124. The second-order valence-electron chi connectivity index (χ2n) is 11.5. The summed E-state index contributed by atoms with van der Waals surface area (Å²) in [6.07, 6.45) is 11.9. The van der Waals surface area contributed by atoms with E-state index in [9.17, 15) is 4.79 Å². The Hall–Kier alpha value is -0.950. The Kier molecular flexibility index (Phi) is 13.9. The molecule has 222 valence electrons. The highest BCUT2D eigenvalue weighted by atomic mass is 79.9. The van der Waals surface area contributed by atoms with Gasteiger partial charge < -0.3 is 9.80 Å². The smallest absolute Gasteiger partial charge is 0.222 e. The molecule has 0 aliphatic carbocycles. The van der Waals surface area contributed by atoms with Gasteiger partial charge in [0.1, 0.15) is 0 Å². The summed E-state index contributed by atoms with van der Waals surface area (Å²) in [6.45, 7) is 15.4. The molecule has 1 aromatic carbocycles. The molecule has 0 radical (unpaired) electrons. The van der Waals surface area contributed by atoms with Crippen LogP contribution in [0.4, 0.5) is 0 Å². The summed E-state index contributed by atoms with van der Waals surface area (Å²) in [5.74, 6) is 1.47. The first-order chi connectivity index (χ1) is 19.2. The van der Waals surface area contributed by atoms with Crippen molar-refractivity contribution in [2.75, 3.05) is 39.8 Å². The largest absolute Gasteiger partial charge is 0.343 e. The lowest BCUT2D eigenvalue weighted by molar-refractivity contribution is -0.134. The van der Waals surface area contributed by atoms with Gasteiger partial charge in [0.25, 0.3) is 0 Å². The van der Waals surface area contributed by atoms with Gasteiger partial charge in [-0.15, -0.1) is 0 Å². The Labute approximate surface area is 265 Å². The lowest BCUT2D eigenvalue weighted by atomic mass is 9.72. The fourth-order valence-electron chi connectivity index (χ4n) is 6.43. The maximum atomic E-state index is 13.3. The van der Waals surface area contributed by atoms with Gasteiger partial charge in [-0.3, -0.25) is 9.79 Å². The van der Waals surface area contributed by atoms with Crippen molar-refractivity contribution in [3.05, 3.63) is 50.5 Å². The van der Waals surface area contributed by atoms with Crippen LogP contribution in [0.25, 0.3) is 6.08 Å². The molecule has 7 heteroatoms. The van der Waals surface area contributed by atoms with E-state index in [1.54, 1.807) is 0 Å². The molecule has 0 saturated carbocycles. The van der Waals surface area contributed by atoms with E-state index in [0.717, 1.165) is 81.2 Å². The Balaban J connectivity index is 1.91. The van der Waals surface area contributed by atoms with Crippen molar-refractivity contribution in [1.82, 2.24) is 9.80 Å². The molecule has 2 aliphatic rings. The summed E-state index contributed by atoms with van der Waals surface area (Å²) >= 11 is 14.1. The standard InChI is InChI=1S/C33H48Br2ClN3O/c1-6-24(7-2)29(22-37-21-27(34)9-4)32(33-25(8-3)19-28(36)20-30(33)35)26-12-16-39(17-13-26)31(40)18-23-10-14-38(5)15-11-23/h8,19-21,23,26-27,32H,3,6-7,9-18,22H2,1-2,4-5H3. The number of benzene rings is 1. The fraction of sp³-hybridized carbons (Fsp3) is 0.636. The first-order valence-electron chi connectivity index (χ1n) is 15.1. The van der Waals surface area contributed by atoms with Gasteiger partial charge in [-0.25, -0.2) is 0 Å². The lowest BCUT2D eigenvalue weighted by Crippen LogP contribution is -2.41. The van der Waals surface area contributed by atoms with Crippen molar-refractivity contribution in [2.45, 2.75) is 82.9 Å². The highest BCUT2D eigenvalue weighted by Gasteiger charge is 2.35. The number of likely N-dealkylation sites (tertiary alicyclic amines) is 2. The minimum atomic E-state index is 0.188. The molecule has 2 unspecified atom stereocenters. The van der Waals surface area contributed by atoms with Crippen LogP contribution in [0.2, 0.25) is 5.02 Å². The minimum Gasteiger partial charge on any atom is -0.343 e. The van der Waals surface area contributed by atoms with Crippen LogP contribution in [0, 0.1) is 11.8 Å². The average Bonchev–Trinajstić information content (AvgIpc) is 2.95. The first-order valence-corrected chi connectivity index (χ1v) is 17.2. The van der Waals surface area contributed by atoms with E-state index in [2.05, 4.69) is 82.3 Å². The van der Waals surface area contributed by atoms with Gasteiger partial charge in [0.05, 0.1) is 6.54 Å². The second kappa shape index (κ2) is 16.6. The maximum absolute atomic E-state index is 13.3. The molecule has 1 amide bonds. The van der Waals surface area contributed by atoms with Crippen molar-refractivity contribution in [3.63, 3.8) is 0 Å². The third-order valence-electron chi connectivity index (χ3n) is 8.92. The Morgan fingerprint density at radius 1 is 1.12 bits per heavy atom. The van der Waals surface area contributed by atoms with E-state index in [4.69, 9.17) is 16.6 Å². The summed E-state index contributed by atoms with van der Waals surface area (Å²) in [7, 11) is 2.18. The number of allylic oxidation sites excluding steroid dienone is 1. The maximum Gasteiger partial charge on any atom is 0.222 e. The van der Waals surface area contributed by atoms with Crippen LogP contribution < -0.4 is 0 Å². The number of alkyl halides is 1. The van der Waals surface area contributed by atoms with E-state index in [1.165, 1.54) is 16.7 Å². The SMILES string of the molecule is C=Cc1cc(Cl)cc(Br)c1C(C(CN=CC(Br)CC)=C(CC)CC)C1CCN(C(=O)CC2CCN(C)CC2)CC1. The molecule has 0 N–H and O–H groups in total. The summed E-state index contributed by atoms with van der Waals surface area (Å²) in [6, 6.07) is 4.05. The number of carbonyl (C=O) groups excluding carboxylic acids is 1. The fourth-order valence-corrected chi connectivity index (χ4v) is 7.67. The van der Waals surface area contributed by atoms with Crippen molar-refractivity contribution >= 4 is 61.7 Å². The molecule has 40 heavy (non-hydrogen) atoms. The average molecular weight is 698 g/mol. The highest BCUT2D eigenvalue weighted by molar-refractivity contribution is 9.10. The lowest BCUT2D eigenvalue weighted by Gasteiger charge is -2.39. The zero-order chi connectivity index (χ0) is 29.2. The van der Waals surface area contributed by atoms with E-state index in [0.29, 0.717) is 35.7 Å². The molecule has 2 saturated heterocycles. The van der Waals surface area contributed by atoms with Crippen LogP contribution in [-0.2, 0) is 4.79 Å². The predicted octanol–water partition coefficient (Wildman–Crippen LogP) is 9.16. The molecule has 4 nitrogen and oxygen atoms in total. The van der Waals surface area contributed by atoms with Crippen molar-refractivity contribution in [1.29, 1.82) is 0 Å². The third-order valence-corrected chi connectivity index (χ3v) is 10.7. The monoisotopic (exact) mass is 695 g/mol. The number of halogens is 3. The van der Waals surface area contributed by atoms with Gasteiger partial charge >= 0.3 is 0 Å². The molecule has 3 rings (SSSR count). The van der Waals surface area contributed by atoms with Crippen molar-refractivity contribution in [2.24, 2.45) is 16.8 Å². The van der Waals surface area contributed by atoms with Gasteiger partial charge in [0, 0.05) is 46.0 Å². The number of nitrogens with zero attached hydrogens (tertiary/aromatic N) is 3. The van der Waals surface area contributed by atoms with Crippen molar-refractivity contribution in [3.8, 4) is 0 Å². The van der Waals surface area contributed by atoms with Gasteiger partial charge in [-0.2, -0.15) is 0 Å². The molecule has 2 heterocycles. The van der Waals surface area contributed by atoms with Crippen molar-refractivity contribution < 1.29 is 4.79 Å².